The zero-order valence-electron chi connectivity index (χ0n) is 15.8. The van der Waals surface area contributed by atoms with E-state index >= 15 is 0 Å². The summed E-state index contributed by atoms with van der Waals surface area (Å²) >= 11 is 0. The topological polar surface area (TPSA) is 55.6 Å². The highest BCUT2D eigenvalue weighted by atomic mass is 16.6. The number of nitrogens with zero attached hydrogens (tertiary/aromatic N) is 1. The van der Waals surface area contributed by atoms with Crippen molar-refractivity contribution in [2.45, 2.75) is 25.5 Å². The summed E-state index contributed by atoms with van der Waals surface area (Å²) in [4.78, 5) is 14.5. The fourth-order valence-corrected chi connectivity index (χ4v) is 3.71. The molecule has 1 fully saturated rings. The number of benzene rings is 3. The fraction of sp³-hybridized carbons (Fsp3) is 0.208. The van der Waals surface area contributed by atoms with Crippen LogP contribution in [0.3, 0.4) is 0 Å². The van der Waals surface area contributed by atoms with Gasteiger partial charge < -0.3 is 15.4 Å². The average molecular weight is 372 g/mol. The molecule has 2 N–H and O–H groups in total. The lowest BCUT2D eigenvalue weighted by atomic mass is 9.99. The van der Waals surface area contributed by atoms with E-state index in [0.717, 1.165) is 47.3 Å². The van der Waals surface area contributed by atoms with Crippen molar-refractivity contribution in [3.8, 4) is 11.1 Å². The molecule has 1 saturated heterocycles. The van der Waals surface area contributed by atoms with Crippen LogP contribution in [0.1, 0.15) is 30.0 Å². The number of rotatable bonds is 4. The number of likely N-dealkylation sites (tertiary alicyclic amines) is 1. The molecule has 0 aliphatic carbocycles. The van der Waals surface area contributed by atoms with Gasteiger partial charge in [-0.25, -0.2) is 4.79 Å². The molecule has 0 aromatic heterocycles. The number of carbonyl (C=O) groups is 1. The molecule has 4 rings (SSSR count). The van der Waals surface area contributed by atoms with Gasteiger partial charge in [0.15, 0.2) is 0 Å². The van der Waals surface area contributed by atoms with E-state index in [9.17, 15) is 4.79 Å². The first-order valence-electron chi connectivity index (χ1n) is 9.64. The molecule has 1 heterocycles. The molecule has 1 aliphatic rings. The molecule has 3 aromatic carbocycles. The lowest BCUT2D eigenvalue weighted by Gasteiger charge is -2.24. The summed E-state index contributed by atoms with van der Waals surface area (Å²) in [5, 5.41) is 0. The van der Waals surface area contributed by atoms with Gasteiger partial charge in [0.2, 0.25) is 0 Å². The lowest BCUT2D eigenvalue weighted by Crippen LogP contribution is -2.31. The molecule has 28 heavy (non-hydrogen) atoms. The number of nitrogens with two attached hydrogens (primary N) is 1. The summed E-state index contributed by atoms with van der Waals surface area (Å²) in [6.07, 6.45) is 1.71. The average Bonchev–Trinajstić information content (AvgIpc) is 3.23. The Balaban J connectivity index is 1.44. The molecule has 0 radical (unpaired) electrons. The molecule has 1 atom stereocenters. The number of nitrogen functional groups attached to an aromatic ring is 1. The summed E-state index contributed by atoms with van der Waals surface area (Å²) in [6, 6.07) is 26.1. The van der Waals surface area contributed by atoms with Gasteiger partial charge in [0, 0.05) is 12.2 Å². The van der Waals surface area contributed by atoms with Gasteiger partial charge in [0.25, 0.3) is 0 Å². The van der Waals surface area contributed by atoms with Crippen LogP contribution in [0.5, 0.6) is 0 Å². The lowest BCUT2D eigenvalue weighted by molar-refractivity contribution is 0.0921. The first-order valence-corrected chi connectivity index (χ1v) is 9.64. The summed E-state index contributed by atoms with van der Waals surface area (Å²) in [5.41, 5.74) is 10.9. The van der Waals surface area contributed by atoms with E-state index in [-0.39, 0.29) is 12.1 Å². The maximum atomic E-state index is 12.6. The Bertz CT molecular complexity index is 921. The minimum atomic E-state index is -0.242. The van der Waals surface area contributed by atoms with Crippen molar-refractivity contribution >= 4 is 11.8 Å². The van der Waals surface area contributed by atoms with Crippen molar-refractivity contribution in [3.05, 3.63) is 90.0 Å². The van der Waals surface area contributed by atoms with Crippen molar-refractivity contribution < 1.29 is 9.53 Å². The van der Waals surface area contributed by atoms with Crippen LogP contribution >= 0.6 is 0 Å². The van der Waals surface area contributed by atoms with Crippen LogP contribution in [-0.4, -0.2) is 17.5 Å². The molecule has 4 nitrogen and oxygen atoms in total. The van der Waals surface area contributed by atoms with Crippen molar-refractivity contribution in [2.75, 3.05) is 12.3 Å². The molecule has 1 aliphatic heterocycles. The van der Waals surface area contributed by atoms with Crippen LogP contribution in [-0.2, 0) is 11.3 Å². The zero-order valence-corrected chi connectivity index (χ0v) is 15.8. The van der Waals surface area contributed by atoms with Crippen molar-refractivity contribution in [3.63, 3.8) is 0 Å². The summed E-state index contributed by atoms with van der Waals surface area (Å²) in [6.45, 7) is 1.04. The van der Waals surface area contributed by atoms with Crippen LogP contribution < -0.4 is 5.73 Å². The molecule has 0 spiro atoms. The first-order chi connectivity index (χ1) is 13.7. The minimum absolute atomic E-state index is 0.0729. The summed E-state index contributed by atoms with van der Waals surface area (Å²) in [7, 11) is 0. The molecular weight excluding hydrogens is 348 g/mol. The van der Waals surface area contributed by atoms with Crippen LogP contribution in [0.25, 0.3) is 11.1 Å². The van der Waals surface area contributed by atoms with E-state index in [1.165, 1.54) is 0 Å². The maximum Gasteiger partial charge on any atom is 0.410 e. The van der Waals surface area contributed by atoms with Gasteiger partial charge in [-0.15, -0.1) is 0 Å². The Morgan fingerprint density at radius 2 is 1.57 bits per heavy atom. The fourth-order valence-electron chi connectivity index (χ4n) is 3.71. The van der Waals surface area contributed by atoms with Crippen molar-refractivity contribution in [1.82, 2.24) is 4.90 Å². The van der Waals surface area contributed by atoms with Crippen LogP contribution in [0.4, 0.5) is 10.5 Å². The number of hydrogen-bond donors (Lipinski definition) is 1. The molecule has 142 valence electrons. The van der Waals surface area contributed by atoms with Gasteiger partial charge in [-0.1, -0.05) is 66.7 Å². The third-order valence-electron chi connectivity index (χ3n) is 5.23. The Kier molecular flexibility index (Phi) is 5.29. The van der Waals surface area contributed by atoms with E-state index in [2.05, 4.69) is 24.3 Å². The zero-order chi connectivity index (χ0) is 19.3. The molecule has 3 aromatic rings. The standard InChI is InChI=1S/C24H24N2O2/c25-22-14-12-20(13-15-22)19-8-10-21(11-9-19)23-7-4-16-26(23)24(27)28-17-18-5-2-1-3-6-18/h1-3,5-6,8-15,23H,4,7,16-17,25H2. The van der Waals surface area contributed by atoms with E-state index in [4.69, 9.17) is 10.5 Å². The van der Waals surface area contributed by atoms with Gasteiger partial charge in [-0.05, 0) is 47.2 Å². The first kappa shape index (κ1) is 18.1. The van der Waals surface area contributed by atoms with Gasteiger partial charge in [0.1, 0.15) is 6.61 Å². The van der Waals surface area contributed by atoms with Crippen molar-refractivity contribution in [1.29, 1.82) is 0 Å². The van der Waals surface area contributed by atoms with Crippen molar-refractivity contribution in [2.24, 2.45) is 0 Å². The number of ether oxygens (including phenoxy) is 1. The van der Waals surface area contributed by atoms with Gasteiger partial charge in [0.05, 0.1) is 6.04 Å². The second-order valence-corrected chi connectivity index (χ2v) is 7.14. The largest absolute Gasteiger partial charge is 0.445 e. The molecule has 1 unspecified atom stereocenters. The Morgan fingerprint density at radius 3 is 2.25 bits per heavy atom. The molecule has 0 bridgehead atoms. The van der Waals surface area contributed by atoms with Gasteiger partial charge in [-0.2, -0.15) is 0 Å². The number of hydrogen-bond acceptors (Lipinski definition) is 3. The summed E-state index contributed by atoms with van der Waals surface area (Å²) in [5.74, 6) is 0. The smallest absolute Gasteiger partial charge is 0.410 e. The Hall–Kier alpha value is -3.27. The molecule has 4 heteroatoms. The SMILES string of the molecule is Nc1ccc(-c2ccc(C3CCCN3C(=O)OCc3ccccc3)cc2)cc1. The van der Waals surface area contributed by atoms with E-state index < -0.39 is 0 Å². The Labute approximate surface area is 165 Å². The minimum Gasteiger partial charge on any atom is -0.445 e. The third kappa shape index (κ3) is 4.01. The number of anilines is 1. The molecule has 0 saturated carbocycles. The van der Waals surface area contributed by atoms with E-state index in [1.54, 1.807) is 0 Å². The predicted octanol–water partition coefficient (Wildman–Crippen LogP) is 5.41. The number of amides is 1. The normalized spacial score (nSPS) is 16.1. The van der Waals surface area contributed by atoms with Crippen LogP contribution in [0.15, 0.2) is 78.9 Å². The van der Waals surface area contributed by atoms with Crippen LogP contribution in [0.2, 0.25) is 0 Å². The predicted molar refractivity (Wildman–Crippen MR) is 112 cm³/mol. The van der Waals surface area contributed by atoms with E-state index in [1.807, 2.05) is 59.5 Å². The quantitative estimate of drug-likeness (QED) is 0.623. The number of carbonyl (C=O) groups excluding carboxylic acids is 1. The maximum absolute atomic E-state index is 12.6. The molecular formula is C24H24N2O2. The monoisotopic (exact) mass is 372 g/mol. The molecule has 1 amide bonds. The van der Waals surface area contributed by atoms with Gasteiger partial charge >= 0.3 is 6.09 Å². The second kappa shape index (κ2) is 8.17. The van der Waals surface area contributed by atoms with E-state index in [0.29, 0.717) is 6.61 Å². The third-order valence-corrected chi connectivity index (χ3v) is 5.23. The Morgan fingerprint density at radius 1 is 0.929 bits per heavy atom. The highest BCUT2D eigenvalue weighted by Crippen LogP contribution is 2.33. The van der Waals surface area contributed by atoms with Crippen LogP contribution in [0, 0.1) is 0 Å². The highest BCUT2D eigenvalue weighted by molar-refractivity contribution is 5.69. The highest BCUT2D eigenvalue weighted by Gasteiger charge is 2.31. The summed E-state index contributed by atoms with van der Waals surface area (Å²) < 4.78 is 5.54. The van der Waals surface area contributed by atoms with Gasteiger partial charge in [-0.3, -0.25) is 0 Å². The second-order valence-electron chi connectivity index (χ2n) is 7.14.